The molecule has 1 fully saturated rings. The van der Waals surface area contributed by atoms with E-state index in [-0.39, 0.29) is 16.9 Å². The van der Waals surface area contributed by atoms with Gasteiger partial charge in [-0.15, -0.1) is 0 Å². The average molecular weight is 401 g/mol. The molecule has 30 heavy (non-hydrogen) atoms. The molecule has 7 heteroatoms. The summed E-state index contributed by atoms with van der Waals surface area (Å²) in [5.41, 5.74) is 3.72. The molecule has 1 amide bonds. The van der Waals surface area contributed by atoms with Crippen LogP contribution in [0.4, 0.5) is 0 Å². The normalized spacial score (nSPS) is 17.2. The molecule has 3 aromatic heterocycles. The minimum absolute atomic E-state index is 0.0175. The number of aryl methyl sites for hydroxylation is 1. The van der Waals surface area contributed by atoms with Gasteiger partial charge in [-0.2, -0.15) is 0 Å². The molecule has 0 bridgehead atoms. The molecule has 1 aliphatic heterocycles. The Morgan fingerprint density at radius 3 is 2.67 bits per heavy atom. The zero-order valence-corrected chi connectivity index (χ0v) is 16.9. The van der Waals surface area contributed by atoms with Crippen molar-refractivity contribution in [1.29, 1.82) is 0 Å². The molecule has 0 saturated carbocycles. The number of hydrogen-bond donors (Lipinski definition) is 1. The summed E-state index contributed by atoms with van der Waals surface area (Å²) in [5, 5.41) is 0. The first-order valence-corrected chi connectivity index (χ1v) is 10.3. The number of H-pyrrole nitrogens is 1. The lowest BCUT2D eigenvalue weighted by molar-refractivity contribution is 0.0657. The third-order valence-electron chi connectivity index (χ3n) is 6.53. The van der Waals surface area contributed by atoms with Crippen molar-refractivity contribution < 1.29 is 4.79 Å². The Labute approximate surface area is 174 Å². The fourth-order valence-corrected chi connectivity index (χ4v) is 4.77. The van der Waals surface area contributed by atoms with E-state index >= 15 is 0 Å². The maximum absolute atomic E-state index is 12.9. The summed E-state index contributed by atoms with van der Waals surface area (Å²) in [7, 11) is 0. The number of fused-ring (bicyclic) bond motifs is 2. The minimum Gasteiger partial charge on any atom is -0.337 e. The Hall–Kier alpha value is -3.35. The van der Waals surface area contributed by atoms with Gasteiger partial charge in [0.2, 0.25) is 0 Å². The van der Waals surface area contributed by atoms with Crippen molar-refractivity contribution in [2.24, 2.45) is 0 Å². The Kier molecular flexibility index (Phi) is 4.46. The summed E-state index contributed by atoms with van der Waals surface area (Å²) >= 11 is 0. The van der Waals surface area contributed by atoms with Gasteiger partial charge in [0.05, 0.1) is 5.69 Å². The van der Waals surface area contributed by atoms with E-state index in [9.17, 15) is 9.59 Å². The molecule has 2 aliphatic rings. The summed E-state index contributed by atoms with van der Waals surface area (Å²) in [6.07, 6.45) is 8.32. The van der Waals surface area contributed by atoms with Crippen molar-refractivity contribution >= 4 is 5.91 Å². The summed E-state index contributed by atoms with van der Waals surface area (Å²) in [6.45, 7) is 3.20. The summed E-state index contributed by atoms with van der Waals surface area (Å²) in [4.78, 5) is 43.8. The van der Waals surface area contributed by atoms with Crippen molar-refractivity contribution in [3.05, 3.63) is 75.7 Å². The third kappa shape index (κ3) is 3.01. The van der Waals surface area contributed by atoms with Gasteiger partial charge in [0.25, 0.3) is 11.5 Å². The molecule has 0 radical (unpaired) electrons. The third-order valence-corrected chi connectivity index (χ3v) is 6.53. The van der Waals surface area contributed by atoms with Crippen molar-refractivity contribution in [2.45, 2.75) is 38.0 Å². The standard InChI is InChI=1S/C23H23N5O2/c1-15-4-2-11-25-18(15)22(30)28-12-8-23(9-13-28)7-6-17-19(23)26-20(27-21(17)29)16-5-3-10-24-14-16/h2-5,10-11,14H,6-9,12-13H2,1H3,(H,26,27,29). The van der Waals surface area contributed by atoms with Crippen LogP contribution in [0.5, 0.6) is 0 Å². The second-order valence-corrected chi connectivity index (χ2v) is 8.22. The maximum Gasteiger partial charge on any atom is 0.272 e. The molecule has 1 spiro atoms. The lowest BCUT2D eigenvalue weighted by Gasteiger charge is -2.39. The van der Waals surface area contributed by atoms with E-state index in [1.54, 1.807) is 18.6 Å². The van der Waals surface area contributed by atoms with Crippen LogP contribution in [0.3, 0.4) is 0 Å². The van der Waals surface area contributed by atoms with Crippen LogP contribution in [-0.2, 0) is 11.8 Å². The van der Waals surface area contributed by atoms with E-state index in [1.165, 1.54) is 0 Å². The summed E-state index contributed by atoms with van der Waals surface area (Å²) in [6, 6.07) is 7.49. The molecular formula is C23H23N5O2. The fourth-order valence-electron chi connectivity index (χ4n) is 4.77. The molecule has 4 heterocycles. The highest BCUT2D eigenvalue weighted by Gasteiger charge is 2.44. The zero-order chi connectivity index (χ0) is 20.7. The smallest absolute Gasteiger partial charge is 0.272 e. The monoisotopic (exact) mass is 401 g/mol. The average Bonchev–Trinajstić information content (AvgIpc) is 3.13. The van der Waals surface area contributed by atoms with E-state index in [0.29, 0.717) is 24.6 Å². The van der Waals surface area contributed by atoms with Crippen LogP contribution in [0.15, 0.2) is 47.7 Å². The van der Waals surface area contributed by atoms with E-state index in [1.807, 2.05) is 36.1 Å². The van der Waals surface area contributed by atoms with Crippen LogP contribution in [0.25, 0.3) is 11.4 Å². The number of piperidine rings is 1. The zero-order valence-electron chi connectivity index (χ0n) is 16.9. The van der Waals surface area contributed by atoms with Gasteiger partial charge < -0.3 is 9.88 Å². The van der Waals surface area contributed by atoms with Gasteiger partial charge >= 0.3 is 0 Å². The lowest BCUT2D eigenvalue weighted by atomic mass is 9.76. The quantitative estimate of drug-likeness (QED) is 0.713. The molecule has 7 nitrogen and oxygen atoms in total. The van der Waals surface area contributed by atoms with Crippen molar-refractivity contribution in [3.8, 4) is 11.4 Å². The van der Waals surface area contributed by atoms with E-state index in [0.717, 1.165) is 48.1 Å². The number of carbonyl (C=O) groups excluding carboxylic acids is 1. The molecular weight excluding hydrogens is 378 g/mol. The van der Waals surface area contributed by atoms with Gasteiger partial charge in [0, 0.05) is 48.2 Å². The van der Waals surface area contributed by atoms with E-state index in [2.05, 4.69) is 15.0 Å². The van der Waals surface area contributed by atoms with Gasteiger partial charge in [-0.3, -0.25) is 19.6 Å². The van der Waals surface area contributed by atoms with Crippen LogP contribution in [-0.4, -0.2) is 43.8 Å². The lowest BCUT2D eigenvalue weighted by Crippen LogP contribution is -2.45. The predicted octanol–water partition coefficient (Wildman–Crippen LogP) is 2.66. The topological polar surface area (TPSA) is 91.8 Å². The van der Waals surface area contributed by atoms with Crippen LogP contribution in [0, 0.1) is 6.92 Å². The fraction of sp³-hybridized carbons (Fsp3) is 0.348. The van der Waals surface area contributed by atoms with Crippen LogP contribution in [0.2, 0.25) is 0 Å². The van der Waals surface area contributed by atoms with Crippen molar-refractivity contribution in [3.63, 3.8) is 0 Å². The van der Waals surface area contributed by atoms with E-state index in [4.69, 9.17) is 4.98 Å². The number of aromatic amines is 1. The molecule has 0 unspecified atom stereocenters. The Balaban J connectivity index is 1.43. The molecule has 3 aromatic rings. The molecule has 152 valence electrons. The second kappa shape index (κ2) is 7.16. The number of pyridine rings is 2. The summed E-state index contributed by atoms with van der Waals surface area (Å²) < 4.78 is 0. The number of hydrogen-bond acceptors (Lipinski definition) is 5. The largest absolute Gasteiger partial charge is 0.337 e. The number of likely N-dealkylation sites (tertiary alicyclic amines) is 1. The van der Waals surface area contributed by atoms with Gasteiger partial charge in [0.1, 0.15) is 11.5 Å². The van der Waals surface area contributed by atoms with Gasteiger partial charge in [-0.05, 0) is 56.4 Å². The van der Waals surface area contributed by atoms with Crippen LogP contribution in [0.1, 0.15) is 46.6 Å². The van der Waals surface area contributed by atoms with Crippen molar-refractivity contribution in [2.75, 3.05) is 13.1 Å². The second-order valence-electron chi connectivity index (χ2n) is 8.22. The molecule has 0 atom stereocenters. The number of nitrogens with zero attached hydrogens (tertiary/aromatic N) is 4. The first kappa shape index (κ1) is 18.7. The molecule has 1 N–H and O–H groups in total. The first-order valence-electron chi connectivity index (χ1n) is 10.3. The number of amides is 1. The molecule has 5 rings (SSSR count). The number of rotatable bonds is 2. The highest BCUT2D eigenvalue weighted by Crippen LogP contribution is 2.44. The molecule has 1 saturated heterocycles. The SMILES string of the molecule is Cc1cccnc1C(=O)N1CCC2(CCc3c2nc(-c2cccnc2)[nH]c3=O)CC1. The Morgan fingerprint density at radius 2 is 1.93 bits per heavy atom. The van der Waals surface area contributed by atoms with E-state index < -0.39 is 0 Å². The highest BCUT2D eigenvalue weighted by atomic mass is 16.2. The van der Waals surface area contributed by atoms with Crippen LogP contribution >= 0.6 is 0 Å². The highest BCUT2D eigenvalue weighted by molar-refractivity contribution is 5.93. The molecule has 0 aromatic carbocycles. The van der Waals surface area contributed by atoms with Gasteiger partial charge in [-0.25, -0.2) is 4.98 Å². The van der Waals surface area contributed by atoms with Crippen molar-refractivity contribution in [1.82, 2.24) is 24.8 Å². The Morgan fingerprint density at radius 1 is 1.13 bits per heavy atom. The van der Waals surface area contributed by atoms with Gasteiger partial charge in [-0.1, -0.05) is 6.07 Å². The van der Waals surface area contributed by atoms with Gasteiger partial charge in [0.15, 0.2) is 0 Å². The molecule has 1 aliphatic carbocycles. The number of carbonyl (C=O) groups is 1. The first-order chi connectivity index (χ1) is 14.6. The van der Waals surface area contributed by atoms with Crippen LogP contribution < -0.4 is 5.56 Å². The predicted molar refractivity (Wildman–Crippen MR) is 112 cm³/mol. The number of aromatic nitrogens is 4. The number of nitrogens with one attached hydrogen (secondary N) is 1. The Bertz CT molecular complexity index is 1160. The summed E-state index contributed by atoms with van der Waals surface area (Å²) in [5.74, 6) is 0.548. The minimum atomic E-state index is -0.142. The maximum atomic E-state index is 12.9.